The molecule has 0 heterocycles. The van der Waals surface area contributed by atoms with Crippen molar-refractivity contribution in [3.63, 3.8) is 0 Å². The second kappa shape index (κ2) is 37.1. The molecular formula is C42H72O4. The molecule has 0 fully saturated rings. The molecule has 1 atom stereocenters. The molecule has 0 aliphatic carbocycles. The highest BCUT2D eigenvalue weighted by Gasteiger charge is 2.17. The highest BCUT2D eigenvalue weighted by Crippen LogP contribution is 2.16. The van der Waals surface area contributed by atoms with Gasteiger partial charge in [-0.05, 0) is 57.8 Å². The van der Waals surface area contributed by atoms with E-state index in [-0.39, 0.29) is 12.4 Å². The molecule has 264 valence electrons. The molecule has 1 N–H and O–H groups in total. The molecule has 0 bridgehead atoms. The van der Waals surface area contributed by atoms with E-state index in [9.17, 15) is 14.7 Å². The summed E-state index contributed by atoms with van der Waals surface area (Å²) in [5, 5.41) is 9.26. The van der Waals surface area contributed by atoms with Gasteiger partial charge >= 0.3 is 11.9 Å². The molecule has 4 nitrogen and oxygen atoms in total. The number of hydrogen-bond acceptors (Lipinski definition) is 3. The van der Waals surface area contributed by atoms with Crippen LogP contribution in [0.15, 0.2) is 60.8 Å². The number of allylic oxidation sites excluding steroid dienone is 10. The van der Waals surface area contributed by atoms with E-state index in [1.165, 1.54) is 96.3 Å². The van der Waals surface area contributed by atoms with Crippen molar-refractivity contribution in [2.24, 2.45) is 0 Å². The van der Waals surface area contributed by atoms with Gasteiger partial charge in [0.05, 0.1) is 6.42 Å². The summed E-state index contributed by atoms with van der Waals surface area (Å²) < 4.78 is 5.55. The van der Waals surface area contributed by atoms with Crippen LogP contribution in [0.1, 0.15) is 187 Å². The average Bonchev–Trinajstić information content (AvgIpc) is 3.03. The van der Waals surface area contributed by atoms with Crippen LogP contribution >= 0.6 is 0 Å². The lowest BCUT2D eigenvalue weighted by molar-refractivity contribution is -0.153. The zero-order valence-corrected chi connectivity index (χ0v) is 30.1. The summed E-state index contributed by atoms with van der Waals surface area (Å²) in [6.07, 6.45) is 51.0. The molecule has 46 heavy (non-hydrogen) atoms. The number of carboxylic acids is 1. The number of carboxylic acid groups (broad SMARTS) is 1. The van der Waals surface area contributed by atoms with Gasteiger partial charge in [-0.1, -0.05) is 177 Å². The van der Waals surface area contributed by atoms with Crippen LogP contribution in [0.5, 0.6) is 0 Å². The van der Waals surface area contributed by atoms with Crippen LogP contribution in [0, 0.1) is 0 Å². The Hall–Kier alpha value is -2.36. The molecule has 0 radical (unpaired) electrons. The van der Waals surface area contributed by atoms with Gasteiger partial charge in [-0.15, -0.1) is 0 Å². The van der Waals surface area contributed by atoms with Crippen molar-refractivity contribution in [2.75, 3.05) is 0 Å². The minimum Gasteiger partial charge on any atom is -0.481 e. The summed E-state index contributed by atoms with van der Waals surface area (Å²) >= 11 is 0. The van der Waals surface area contributed by atoms with Crippen molar-refractivity contribution in [3.05, 3.63) is 60.8 Å². The lowest BCUT2D eigenvalue weighted by Gasteiger charge is -2.16. The van der Waals surface area contributed by atoms with Crippen molar-refractivity contribution < 1.29 is 19.4 Å². The lowest BCUT2D eigenvalue weighted by atomic mass is 10.0. The van der Waals surface area contributed by atoms with Gasteiger partial charge in [0.1, 0.15) is 6.10 Å². The van der Waals surface area contributed by atoms with Crippen LogP contribution in [0.3, 0.4) is 0 Å². The maximum atomic E-state index is 12.3. The fourth-order valence-electron chi connectivity index (χ4n) is 5.47. The predicted molar refractivity (Wildman–Crippen MR) is 199 cm³/mol. The van der Waals surface area contributed by atoms with E-state index in [1.54, 1.807) is 0 Å². The van der Waals surface area contributed by atoms with Gasteiger partial charge in [0.25, 0.3) is 0 Å². The quantitative estimate of drug-likeness (QED) is 0.0432. The summed E-state index contributed by atoms with van der Waals surface area (Å²) in [5.41, 5.74) is 0. The molecule has 0 aromatic carbocycles. The van der Waals surface area contributed by atoms with E-state index in [4.69, 9.17) is 4.74 Å². The Kier molecular flexibility index (Phi) is 35.2. The molecule has 0 saturated carbocycles. The Labute approximate surface area is 284 Å². The minimum absolute atomic E-state index is 0.0978. The molecule has 0 spiro atoms. The second-order valence-corrected chi connectivity index (χ2v) is 12.8. The van der Waals surface area contributed by atoms with Gasteiger partial charge in [0.2, 0.25) is 0 Å². The fraction of sp³-hybridized carbons (Fsp3) is 0.714. The first-order valence-electron chi connectivity index (χ1n) is 19.3. The number of aliphatic carboxylic acids is 1. The molecular weight excluding hydrogens is 568 g/mol. The van der Waals surface area contributed by atoms with E-state index in [0.29, 0.717) is 12.8 Å². The highest BCUT2D eigenvalue weighted by molar-refractivity contribution is 5.71. The molecule has 0 aromatic heterocycles. The predicted octanol–water partition coefficient (Wildman–Crippen LogP) is 13.3. The highest BCUT2D eigenvalue weighted by atomic mass is 16.5. The van der Waals surface area contributed by atoms with E-state index in [2.05, 4.69) is 74.6 Å². The first-order chi connectivity index (χ1) is 22.6. The zero-order chi connectivity index (χ0) is 33.6. The number of esters is 1. The van der Waals surface area contributed by atoms with Crippen molar-refractivity contribution in [1.82, 2.24) is 0 Å². The standard InChI is InChI=1S/C42H72O4/c1-3-5-7-9-11-13-15-17-19-21-23-25-27-29-31-33-35-37-40(39-41(43)44)46-42(45)38-36-34-32-30-28-26-24-22-20-18-16-14-12-10-8-6-4-2/h6,8,12,14,18,20,24,26,30,32,40H,3-5,7,9-11,13,15-17,19,21-23,25,27-29,31,33-39H2,1-2H3,(H,43,44)/b8-6-,14-12-,20-18-,26-24-,32-30-. The van der Waals surface area contributed by atoms with E-state index >= 15 is 0 Å². The summed E-state index contributed by atoms with van der Waals surface area (Å²) in [6, 6.07) is 0. The van der Waals surface area contributed by atoms with Gasteiger partial charge in [0.15, 0.2) is 0 Å². The molecule has 0 amide bonds. The normalized spacial score (nSPS) is 12.9. The zero-order valence-electron chi connectivity index (χ0n) is 30.1. The number of ether oxygens (including phenoxy) is 1. The molecule has 0 aliphatic heterocycles. The van der Waals surface area contributed by atoms with Crippen LogP contribution < -0.4 is 0 Å². The maximum Gasteiger partial charge on any atom is 0.307 e. The molecule has 0 rings (SSSR count). The number of rotatable bonds is 34. The van der Waals surface area contributed by atoms with Crippen LogP contribution in [0.25, 0.3) is 0 Å². The average molecular weight is 641 g/mol. The van der Waals surface area contributed by atoms with Gasteiger partial charge in [-0.25, -0.2) is 0 Å². The summed E-state index contributed by atoms with van der Waals surface area (Å²) in [7, 11) is 0. The topological polar surface area (TPSA) is 63.6 Å². The lowest BCUT2D eigenvalue weighted by Crippen LogP contribution is -2.21. The third-order valence-electron chi connectivity index (χ3n) is 8.24. The Balaban J connectivity index is 3.77. The van der Waals surface area contributed by atoms with Gasteiger partial charge in [-0.2, -0.15) is 0 Å². The Morgan fingerprint density at radius 3 is 1.33 bits per heavy atom. The summed E-state index contributed by atoms with van der Waals surface area (Å²) in [5.74, 6) is -1.17. The largest absolute Gasteiger partial charge is 0.481 e. The Bertz CT molecular complexity index is 820. The minimum atomic E-state index is -0.899. The monoisotopic (exact) mass is 641 g/mol. The molecule has 1 unspecified atom stereocenters. The van der Waals surface area contributed by atoms with Crippen molar-refractivity contribution in [3.8, 4) is 0 Å². The van der Waals surface area contributed by atoms with Crippen LogP contribution in [-0.2, 0) is 14.3 Å². The van der Waals surface area contributed by atoms with Crippen LogP contribution in [0.4, 0.5) is 0 Å². The first kappa shape index (κ1) is 43.6. The maximum absolute atomic E-state index is 12.3. The number of hydrogen-bond donors (Lipinski definition) is 1. The van der Waals surface area contributed by atoms with E-state index in [1.807, 2.05) is 0 Å². The number of carbonyl (C=O) groups excluding carboxylic acids is 1. The Morgan fingerprint density at radius 1 is 0.522 bits per heavy atom. The molecule has 4 heteroatoms. The molecule has 0 aromatic rings. The number of carbonyl (C=O) groups is 2. The van der Waals surface area contributed by atoms with Crippen molar-refractivity contribution in [1.29, 1.82) is 0 Å². The smallest absolute Gasteiger partial charge is 0.307 e. The molecule has 0 saturated heterocycles. The van der Waals surface area contributed by atoms with E-state index in [0.717, 1.165) is 57.8 Å². The fourth-order valence-corrected chi connectivity index (χ4v) is 5.47. The van der Waals surface area contributed by atoms with Gasteiger partial charge < -0.3 is 9.84 Å². The second-order valence-electron chi connectivity index (χ2n) is 12.8. The van der Waals surface area contributed by atoms with E-state index < -0.39 is 12.1 Å². The van der Waals surface area contributed by atoms with Gasteiger partial charge in [-0.3, -0.25) is 9.59 Å². The van der Waals surface area contributed by atoms with Crippen molar-refractivity contribution in [2.45, 2.75) is 193 Å². The van der Waals surface area contributed by atoms with Crippen molar-refractivity contribution >= 4 is 11.9 Å². The Morgan fingerprint density at radius 2 is 0.913 bits per heavy atom. The SMILES string of the molecule is CC/C=C\C/C=C\C/C=C\C/C=C\C/C=C\CCCC(=O)OC(CCCCCCCCCCCCCCCCCCC)CC(=O)O. The van der Waals surface area contributed by atoms with Gasteiger partial charge in [0, 0.05) is 6.42 Å². The number of unbranched alkanes of at least 4 members (excludes halogenated alkanes) is 17. The van der Waals surface area contributed by atoms with Crippen LogP contribution in [-0.4, -0.2) is 23.1 Å². The molecule has 0 aliphatic rings. The third-order valence-corrected chi connectivity index (χ3v) is 8.24. The third kappa shape index (κ3) is 36.1. The van der Waals surface area contributed by atoms with Crippen LogP contribution in [0.2, 0.25) is 0 Å². The summed E-state index contributed by atoms with van der Waals surface area (Å²) in [6.45, 7) is 4.42. The summed E-state index contributed by atoms with van der Waals surface area (Å²) in [4.78, 5) is 23.6. The first-order valence-corrected chi connectivity index (χ1v) is 19.3.